The Balaban J connectivity index is 2.69. The van der Waals surface area contributed by atoms with Gasteiger partial charge in [-0.3, -0.25) is 10.7 Å². The Labute approximate surface area is 98.9 Å². The first-order valence-electron chi connectivity index (χ1n) is 3.86. The van der Waals surface area contributed by atoms with Crippen molar-refractivity contribution in [3.63, 3.8) is 0 Å². The molecule has 2 amide bonds. The van der Waals surface area contributed by atoms with Crippen LogP contribution in [-0.2, 0) is 0 Å². The molecule has 0 radical (unpaired) electrons. The molecule has 0 saturated heterocycles. The number of rotatable bonds is 1. The van der Waals surface area contributed by atoms with Crippen molar-refractivity contribution in [3.8, 4) is 0 Å². The number of anilines is 1. The van der Waals surface area contributed by atoms with E-state index in [0.29, 0.717) is 9.26 Å². The Morgan fingerprint density at radius 3 is 2.73 bits per heavy atom. The van der Waals surface area contributed by atoms with E-state index in [9.17, 15) is 9.18 Å². The average molecular weight is 322 g/mol. The quantitative estimate of drug-likeness (QED) is 0.358. The number of urea groups is 1. The van der Waals surface area contributed by atoms with Gasteiger partial charge in [-0.15, -0.1) is 0 Å². The summed E-state index contributed by atoms with van der Waals surface area (Å²) in [5.41, 5.74) is 5.31. The van der Waals surface area contributed by atoms with E-state index >= 15 is 0 Å². The van der Waals surface area contributed by atoms with Gasteiger partial charge in [0, 0.05) is 5.69 Å². The number of nitrogens with two attached hydrogens (primary N) is 1. The van der Waals surface area contributed by atoms with Crippen molar-refractivity contribution in [1.29, 1.82) is 5.41 Å². The SMILES string of the molecule is N=C(NC(N)=O)Nc1ccc(F)c(I)c1. The van der Waals surface area contributed by atoms with E-state index in [4.69, 9.17) is 11.1 Å². The van der Waals surface area contributed by atoms with Gasteiger partial charge >= 0.3 is 6.03 Å². The maximum absolute atomic E-state index is 12.9. The second kappa shape index (κ2) is 4.91. The lowest BCUT2D eigenvalue weighted by Crippen LogP contribution is -2.38. The van der Waals surface area contributed by atoms with Gasteiger partial charge in [0.15, 0.2) is 0 Å². The van der Waals surface area contributed by atoms with Gasteiger partial charge in [0.05, 0.1) is 3.57 Å². The Kier molecular flexibility index (Phi) is 3.83. The summed E-state index contributed by atoms with van der Waals surface area (Å²) in [4.78, 5) is 10.4. The van der Waals surface area contributed by atoms with Crippen LogP contribution in [0, 0.1) is 14.8 Å². The maximum atomic E-state index is 12.9. The molecule has 5 nitrogen and oxygen atoms in total. The summed E-state index contributed by atoms with van der Waals surface area (Å²) in [7, 11) is 0. The van der Waals surface area contributed by atoms with Gasteiger partial charge in [-0.2, -0.15) is 0 Å². The fourth-order valence-corrected chi connectivity index (χ4v) is 1.39. The zero-order chi connectivity index (χ0) is 11.4. The molecule has 1 rings (SSSR count). The number of carbonyl (C=O) groups is 1. The van der Waals surface area contributed by atoms with Crippen LogP contribution in [0.15, 0.2) is 18.2 Å². The number of carbonyl (C=O) groups excluding carboxylic acids is 1. The minimum absolute atomic E-state index is 0.259. The molecule has 1 aromatic carbocycles. The number of guanidine groups is 1. The number of hydrogen-bond donors (Lipinski definition) is 4. The monoisotopic (exact) mass is 322 g/mol. The van der Waals surface area contributed by atoms with E-state index in [1.807, 2.05) is 27.9 Å². The van der Waals surface area contributed by atoms with Gasteiger partial charge in [-0.1, -0.05) is 0 Å². The van der Waals surface area contributed by atoms with Crippen LogP contribution in [0.3, 0.4) is 0 Å². The molecule has 1 aromatic rings. The summed E-state index contributed by atoms with van der Waals surface area (Å²) in [6.45, 7) is 0. The van der Waals surface area contributed by atoms with Gasteiger partial charge in [-0.25, -0.2) is 9.18 Å². The van der Waals surface area contributed by atoms with Crippen LogP contribution in [0.1, 0.15) is 0 Å². The average Bonchev–Trinajstić information content (AvgIpc) is 2.10. The van der Waals surface area contributed by atoms with Crippen LogP contribution >= 0.6 is 22.6 Å². The fourth-order valence-electron chi connectivity index (χ4n) is 0.873. The van der Waals surface area contributed by atoms with Crippen LogP contribution in [-0.4, -0.2) is 12.0 Å². The van der Waals surface area contributed by atoms with Crippen LogP contribution in [0.2, 0.25) is 0 Å². The van der Waals surface area contributed by atoms with Crippen molar-refractivity contribution in [3.05, 3.63) is 27.6 Å². The molecule has 0 aliphatic carbocycles. The van der Waals surface area contributed by atoms with E-state index in [0.717, 1.165) is 0 Å². The van der Waals surface area contributed by atoms with E-state index in [2.05, 4.69) is 5.32 Å². The van der Waals surface area contributed by atoms with Crippen molar-refractivity contribution in [2.24, 2.45) is 5.73 Å². The third kappa shape index (κ3) is 3.70. The third-order valence-electron chi connectivity index (χ3n) is 1.44. The number of amides is 2. The second-order valence-corrected chi connectivity index (χ2v) is 3.78. The standard InChI is InChI=1S/C8H8FIN4O/c9-5-2-1-4(3-6(5)10)13-7(11)14-8(12)15/h1-3H,(H5,11,12,13,14,15). The van der Waals surface area contributed by atoms with E-state index in [1.165, 1.54) is 18.2 Å². The minimum Gasteiger partial charge on any atom is -0.351 e. The van der Waals surface area contributed by atoms with Crippen molar-refractivity contribution in [2.45, 2.75) is 0 Å². The normalized spacial score (nSPS) is 9.47. The highest BCUT2D eigenvalue weighted by atomic mass is 127. The van der Waals surface area contributed by atoms with Crippen LogP contribution in [0.4, 0.5) is 14.9 Å². The van der Waals surface area contributed by atoms with E-state index < -0.39 is 6.03 Å². The first kappa shape index (κ1) is 11.7. The fraction of sp³-hybridized carbons (Fsp3) is 0. The molecule has 0 aromatic heterocycles. The van der Waals surface area contributed by atoms with Gasteiger partial charge in [0.2, 0.25) is 5.96 Å². The summed E-state index contributed by atoms with van der Waals surface area (Å²) in [5, 5.41) is 11.8. The highest BCUT2D eigenvalue weighted by Gasteiger charge is 2.03. The van der Waals surface area contributed by atoms with Crippen molar-refractivity contribution >= 4 is 40.3 Å². The lowest BCUT2D eigenvalue weighted by Gasteiger charge is -2.07. The van der Waals surface area contributed by atoms with Crippen molar-refractivity contribution in [2.75, 3.05) is 5.32 Å². The van der Waals surface area contributed by atoms with E-state index in [-0.39, 0.29) is 11.8 Å². The lowest BCUT2D eigenvalue weighted by molar-refractivity contribution is 0.253. The third-order valence-corrected chi connectivity index (χ3v) is 2.26. The summed E-state index contributed by atoms with van der Waals surface area (Å²) in [5.74, 6) is -0.597. The molecule has 0 atom stereocenters. The predicted octanol–water partition coefficient (Wildman–Crippen LogP) is 1.45. The Morgan fingerprint density at radius 1 is 1.53 bits per heavy atom. The molecule has 0 saturated carbocycles. The largest absolute Gasteiger partial charge is 0.351 e. The highest BCUT2D eigenvalue weighted by molar-refractivity contribution is 14.1. The highest BCUT2D eigenvalue weighted by Crippen LogP contribution is 2.16. The van der Waals surface area contributed by atoms with Crippen LogP contribution in [0.5, 0.6) is 0 Å². The van der Waals surface area contributed by atoms with Crippen LogP contribution < -0.4 is 16.4 Å². The molecular weight excluding hydrogens is 314 g/mol. The maximum Gasteiger partial charge on any atom is 0.318 e. The molecule has 0 heterocycles. The number of primary amides is 1. The number of nitrogens with one attached hydrogen (secondary N) is 3. The molecule has 0 fully saturated rings. The summed E-state index contributed by atoms with van der Waals surface area (Å²) < 4.78 is 13.3. The molecule has 0 bridgehead atoms. The first-order valence-corrected chi connectivity index (χ1v) is 4.94. The number of hydrogen-bond acceptors (Lipinski definition) is 2. The molecule has 15 heavy (non-hydrogen) atoms. The molecular formula is C8H8FIN4O. The lowest BCUT2D eigenvalue weighted by atomic mass is 10.3. The molecule has 7 heteroatoms. The Morgan fingerprint density at radius 2 is 2.20 bits per heavy atom. The van der Waals surface area contributed by atoms with Gasteiger partial charge in [0.25, 0.3) is 0 Å². The second-order valence-electron chi connectivity index (χ2n) is 2.62. The zero-order valence-corrected chi connectivity index (χ0v) is 9.63. The first-order chi connectivity index (χ1) is 6.99. The smallest absolute Gasteiger partial charge is 0.318 e. The Hall–Kier alpha value is -1.38. The van der Waals surface area contributed by atoms with Crippen molar-refractivity contribution < 1.29 is 9.18 Å². The zero-order valence-electron chi connectivity index (χ0n) is 7.47. The Bertz CT molecular complexity index is 410. The molecule has 0 unspecified atom stereocenters. The van der Waals surface area contributed by atoms with Crippen molar-refractivity contribution in [1.82, 2.24) is 5.32 Å². The molecule has 0 spiro atoms. The summed E-state index contributed by atoms with van der Waals surface area (Å²) >= 11 is 1.82. The summed E-state index contributed by atoms with van der Waals surface area (Å²) in [6.07, 6.45) is 0. The van der Waals surface area contributed by atoms with Gasteiger partial charge in [0.1, 0.15) is 5.82 Å². The van der Waals surface area contributed by atoms with Crippen LogP contribution in [0.25, 0.3) is 0 Å². The number of benzene rings is 1. The topological polar surface area (TPSA) is 91.0 Å². The molecule has 0 aliphatic heterocycles. The summed E-state index contributed by atoms with van der Waals surface area (Å²) in [6, 6.07) is 3.40. The minimum atomic E-state index is -0.829. The number of halogens is 2. The predicted molar refractivity (Wildman–Crippen MR) is 63.2 cm³/mol. The van der Waals surface area contributed by atoms with Gasteiger partial charge in [-0.05, 0) is 40.8 Å². The molecule has 0 aliphatic rings. The molecule has 5 N–H and O–H groups in total. The molecule has 80 valence electrons. The van der Waals surface area contributed by atoms with Gasteiger partial charge < -0.3 is 11.1 Å². The van der Waals surface area contributed by atoms with E-state index in [1.54, 1.807) is 0 Å².